The number of rotatable bonds is 4. The molecule has 72 valence electrons. The van der Waals surface area contributed by atoms with Gasteiger partial charge in [-0.3, -0.25) is 4.98 Å². The van der Waals surface area contributed by atoms with E-state index in [1.807, 2.05) is 13.0 Å². The molecule has 1 atom stereocenters. The summed E-state index contributed by atoms with van der Waals surface area (Å²) >= 11 is 3.36. The van der Waals surface area contributed by atoms with E-state index in [0.717, 1.165) is 16.6 Å². The Bertz CT molecular complexity index is 268. The van der Waals surface area contributed by atoms with E-state index < -0.39 is 0 Å². The highest BCUT2D eigenvalue weighted by molar-refractivity contribution is 9.10. The summed E-state index contributed by atoms with van der Waals surface area (Å²) in [7, 11) is 0. The van der Waals surface area contributed by atoms with Gasteiger partial charge in [-0.1, -0.05) is 6.92 Å². The molecule has 0 amide bonds. The number of aliphatic hydroxyl groups excluding tert-OH is 1. The van der Waals surface area contributed by atoms with Crippen molar-refractivity contribution in [2.45, 2.75) is 19.4 Å². The Hall–Kier alpha value is -0.610. The lowest BCUT2D eigenvalue weighted by molar-refractivity contribution is 0.183. The molecule has 1 aromatic heterocycles. The average Bonchev–Trinajstić information content (AvgIpc) is 2.16. The third-order valence-corrected chi connectivity index (χ3v) is 2.40. The number of hydrogen-bond donors (Lipinski definition) is 2. The first kappa shape index (κ1) is 10.5. The second-order valence-corrected chi connectivity index (χ2v) is 3.65. The zero-order valence-corrected chi connectivity index (χ0v) is 9.08. The number of anilines is 1. The van der Waals surface area contributed by atoms with Crippen LogP contribution >= 0.6 is 15.9 Å². The maximum atomic E-state index is 9.32. The van der Waals surface area contributed by atoms with Crippen molar-refractivity contribution in [2.75, 3.05) is 11.9 Å². The molecule has 0 saturated heterocycles. The van der Waals surface area contributed by atoms with Crippen LogP contribution in [0, 0.1) is 0 Å². The minimum atomic E-state index is -0.292. The molecule has 1 rings (SSSR count). The molecule has 0 aliphatic carbocycles. The fourth-order valence-electron chi connectivity index (χ4n) is 0.891. The molecule has 0 saturated carbocycles. The second-order valence-electron chi connectivity index (χ2n) is 2.80. The van der Waals surface area contributed by atoms with Crippen LogP contribution in [0.2, 0.25) is 0 Å². The number of aliphatic hydroxyl groups is 1. The summed E-state index contributed by atoms with van der Waals surface area (Å²) in [6.07, 6.45) is 3.90. The standard InChI is InChI=1S/C9H13BrN2O/c1-2-7(13)5-12-9-3-4-11-6-8(9)10/h3-4,6-7,13H,2,5H2,1H3,(H,11,12). The molecule has 1 unspecified atom stereocenters. The molecule has 1 aromatic rings. The monoisotopic (exact) mass is 244 g/mol. The quantitative estimate of drug-likeness (QED) is 0.853. The zero-order chi connectivity index (χ0) is 9.68. The third-order valence-electron chi connectivity index (χ3n) is 1.77. The number of halogens is 1. The van der Waals surface area contributed by atoms with Gasteiger partial charge in [-0.15, -0.1) is 0 Å². The van der Waals surface area contributed by atoms with Crippen LogP contribution in [0.4, 0.5) is 5.69 Å². The van der Waals surface area contributed by atoms with Crippen molar-refractivity contribution in [1.82, 2.24) is 4.98 Å². The van der Waals surface area contributed by atoms with Crippen LogP contribution in [0.15, 0.2) is 22.9 Å². The van der Waals surface area contributed by atoms with E-state index in [1.165, 1.54) is 0 Å². The highest BCUT2D eigenvalue weighted by atomic mass is 79.9. The molecule has 4 heteroatoms. The van der Waals surface area contributed by atoms with Gasteiger partial charge in [-0.2, -0.15) is 0 Å². The smallest absolute Gasteiger partial charge is 0.0709 e. The molecule has 0 fully saturated rings. The summed E-state index contributed by atoms with van der Waals surface area (Å²) in [4.78, 5) is 3.94. The van der Waals surface area contributed by atoms with Crippen molar-refractivity contribution in [1.29, 1.82) is 0 Å². The normalized spacial score (nSPS) is 12.5. The predicted molar refractivity (Wildman–Crippen MR) is 56.7 cm³/mol. The Morgan fingerprint density at radius 3 is 3.08 bits per heavy atom. The number of aromatic nitrogens is 1. The molecule has 2 N–H and O–H groups in total. The Morgan fingerprint density at radius 2 is 2.46 bits per heavy atom. The van der Waals surface area contributed by atoms with E-state index in [-0.39, 0.29) is 6.10 Å². The largest absolute Gasteiger partial charge is 0.391 e. The lowest BCUT2D eigenvalue weighted by Crippen LogP contribution is -2.18. The lowest BCUT2D eigenvalue weighted by Gasteiger charge is -2.11. The minimum Gasteiger partial charge on any atom is -0.391 e. The minimum absolute atomic E-state index is 0.292. The Kier molecular flexibility index (Phi) is 4.18. The van der Waals surface area contributed by atoms with E-state index >= 15 is 0 Å². The molecular formula is C9H13BrN2O. The second kappa shape index (κ2) is 5.19. The Balaban J connectivity index is 2.50. The Labute approximate surface area is 86.3 Å². The maximum absolute atomic E-state index is 9.32. The molecule has 0 bridgehead atoms. The van der Waals surface area contributed by atoms with Crippen LogP contribution in [0.3, 0.4) is 0 Å². The molecule has 1 heterocycles. The van der Waals surface area contributed by atoms with E-state index in [9.17, 15) is 5.11 Å². The summed E-state index contributed by atoms with van der Waals surface area (Å²) in [5, 5.41) is 12.4. The zero-order valence-electron chi connectivity index (χ0n) is 7.50. The summed E-state index contributed by atoms with van der Waals surface area (Å²) in [6.45, 7) is 2.52. The van der Waals surface area contributed by atoms with Crippen LogP contribution in [0.5, 0.6) is 0 Å². The summed E-state index contributed by atoms with van der Waals surface area (Å²) in [5.74, 6) is 0. The third kappa shape index (κ3) is 3.32. The van der Waals surface area contributed by atoms with Crippen molar-refractivity contribution >= 4 is 21.6 Å². The van der Waals surface area contributed by atoms with Gasteiger partial charge in [0.2, 0.25) is 0 Å². The van der Waals surface area contributed by atoms with Gasteiger partial charge in [-0.25, -0.2) is 0 Å². The summed E-state index contributed by atoms with van der Waals surface area (Å²) in [5.41, 5.74) is 0.961. The fourth-order valence-corrected chi connectivity index (χ4v) is 1.28. The van der Waals surface area contributed by atoms with Crippen molar-refractivity contribution < 1.29 is 5.11 Å². The van der Waals surface area contributed by atoms with Crippen molar-refractivity contribution in [3.8, 4) is 0 Å². The Morgan fingerprint density at radius 1 is 1.69 bits per heavy atom. The van der Waals surface area contributed by atoms with Crippen molar-refractivity contribution in [2.24, 2.45) is 0 Å². The van der Waals surface area contributed by atoms with Gasteiger partial charge >= 0.3 is 0 Å². The molecule has 0 aliphatic heterocycles. The van der Waals surface area contributed by atoms with Gasteiger partial charge in [0.15, 0.2) is 0 Å². The van der Waals surface area contributed by atoms with Gasteiger partial charge < -0.3 is 10.4 Å². The van der Waals surface area contributed by atoms with Crippen molar-refractivity contribution in [3.63, 3.8) is 0 Å². The molecule has 0 spiro atoms. The first-order chi connectivity index (χ1) is 6.24. The van der Waals surface area contributed by atoms with Gasteiger partial charge in [0.1, 0.15) is 0 Å². The van der Waals surface area contributed by atoms with Gasteiger partial charge in [0.25, 0.3) is 0 Å². The first-order valence-corrected chi connectivity index (χ1v) is 5.04. The van der Waals surface area contributed by atoms with Crippen LogP contribution in [-0.2, 0) is 0 Å². The molecule has 0 radical (unpaired) electrons. The summed E-state index contributed by atoms with van der Waals surface area (Å²) in [6, 6.07) is 1.87. The topological polar surface area (TPSA) is 45.1 Å². The van der Waals surface area contributed by atoms with Gasteiger partial charge in [0.05, 0.1) is 16.3 Å². The highest BCUT2D eigenvalue weighted by Crippen LogP contribution is 2.19. The van der Waals surface area contributed by atoms with E-state index in [4.69, 9.17) is 0 Å². The number of nitrogens with one attached hydrogen (secondary N) is 1. The molecule has 0 aliphatic rings. The maximum Gasteiger partial charge on any atom is 0.0709 e. The predicted octanol–water partition coefficient (Wildman–Crippen LogP) is 2.03. The number of nitrogens with zero attached hydrogens (tertiary/aromatic N) is 1. The lowest BCUT2D eigenvalue weighted by atomic mass is 10.3. The fraction of sp³-hybridized carbons (Fsp3) is 0.444. The van der Waals surface area contributed by atoms with E-state index in [2.05, 4.69) is 26.2 Å². The van der Waals surface area contributed by atoms with Crippen LogP contribution in [0.1, 0.15) is 13.3 Å². The molecule has 0 aromatic carbocycles. The van der Waals surface area contributed by atoms with Crippen molar-refractivity contribution in [3.05, 3.63) is 22.9 Å². The van der Waals surface area contributed by atoms with E-state index in [1.54, 1.807) is 12.4 Å². The molecular weight excluding hydrogens is 232 g/mol. The highest BCUT2D eigenvalue weighted by Gasteiger charge is 2.02. The van der Waals surface area contributed by atoms with Crippen LogP contribution in [0.25, 0.3) is 0 Å². The molecule has 3 nitrogen and oxygen atoms in total. The number of hydrogen-bond acceptors (Lipinski definition) is 3. The average molecular weight is 245 g/mol. The van der Waals surface area contributed by atoms with Gasteiger partial charge in [-0.05, 0) is 28.4 Å². The first-order valence-electron chi connectivity index (χ1n) is 4.25. The van der Waals surface area contributed by atoms with Crippen LogP contribution in [-0.4, -0.2) is 22.7 Å². The number of pyridine rings is 1. The van der Waals surface area contributed by atoms with E-state index in [0.29, 0.717) is 6.54 Å². The molecule has 13 heavy (non-hydrogen) atoms. The van der Waals surface area contributed by atoms with Crippen LogP contribution < -0.4 is 5.32 Å². The summed E-state index contributed by atoms with van der Waals surface area (Å²) < 4.78 is 0.915. The SMILES string of the molecule is CCC(O)CNc1ccncc1Br. The van der Waals surface area contributed by atoms with Gasteiger partial charge in [0, 0.05) is 18.9 Å².